The SMILES string of the molecule is CS(=O)(=O)c1ccc(N2CCCN(S(=O)(=O)c3ccc(Cl)cc3)CC2)cc1. The first kappa shape index (κ1) is 20.1. The predicted molar refractivity (Wildman–Crippen MR) is 107 cm³/mol. The molecule has 0 spiro atoms. The molecule has 0 atom stereocenters. The van der Waals surface area contributed by atoms with Crippen molar-refractivity contribution in [1.82, 2.24) is 4.31 Å². The van der Waals surface area contributed by atoms with E-state index in [1.165, 1.54) is 22.7 Å². The summed E-state index contributed by atoms with van der Waals surface area (Å²) in [7, 11) is -6.80. The van der Waals surface area contributed by atoms with E-state index in [-0.39, 0.29) is 9.79 Å². The van der Waals surface area contributed by atoms with E-state index >= 15 is 0 Å². The van der Waals surface area contributed by atoms with Gasteiger partial charge in [0.15, 0.2) is 9.84 Å². The minimum Gasteiger partial charge on any atom is -0.370 e. The molecule has 1 aliphatic heterocycles. The second-order valence-electron chi connectivity index (χ2n) is 6.46. The fourth-order valence-corrected chi connectivity index (χ4v) is 5.28. The maximum Gasteiger partial charge on any atom is 0.243 e. The Morgan fingerprint density at radius 1 is 0.778 bits per heavy atom. The van der Waals surface area contributed by atoms with Crippen LogP contribution in [0.2, 0.25) is 5.02 Å². The topological polar surface area (TPSA) is 74.8 Å². The number of benzene rings is 2. The summed E-state index contributed by atoms with van der Waals surface area (Å²) >= 11 is 5.85. The second-order valence-corrected chi connectivity index (χ2v) is 10.9. The van der Waals surface area contributed by atoms with Crippen LogP contribution in [0.25, 0.3) is 0 Å². The standard InChI is InChI=1S/C18H21ClN2O4S2/c1-26(22,23)17-9-5-16(6-10-17)20-11-2-12-21(14-13-20)27(24,25)18-7-3-15(19)4-8-18/h3-10H,2,11-14H2,1H3. The molecule has 0 aromatic heterocycles. The van der Waals surface area contributed by atoms with Gasteiger partial charge in [0, 0.05) is 43.1 Å². The first-order chi connectivity index (χ1) is 12.7. The van der Waals surface area contributed by atoms with Gasteiger partial charge in [0.1, 0.15) is 0 Å². The summed E-state index contributed by atoms with van der Waals surface area (Å²) in [6.07, 6.45) is 1.86. The number of sulfone groups is 1. The normalized spacial score (nSPS) is 16.9. The van der Waals surface area contributed by atoms with Gasteiger partial charge in [-0.1, -0.05) is 11.6 Å². The molecule has 0 N–H and O–H groups in total. The summed E-state index contributed by atoms with van der Waals surface area (Å²) in [5.41, 5.74) is 0.883. The third-order valence-corrected chi connectivity index (χ3v) is 7.83. The van der Waals surface area contributed by atoms with Crippen LogP contribution in [0.15, 0.2) is 58.3 Å². The lowest BCUT2D eigenvalue weighted by Crippen LogP contribution is -2.35. The molecule has 1 fully saturated rings. The van der Waals surface area contributed by atoms with Crippen molar-refractivity contribution >= 4 is 37.1 Å². The molecule has 0 saturated carbocycles. The van der Waals surface area contributed by atoms with Crippen molar-refractivity contribution in [3.05, 3.63) is 53.6 Å². The number of anilines is 1. The van der Waals surface area contributed by atoms with Crippen molar-refractivity contribution in [2.24, 2.45) is 0 Å². The molecule has 1 saturated heterocycles. The van der Waals surface area contributed by atoms with Gasteiger partial charge in [-0.2, -0.15) is 4.31 Å². The molecular weight excluding hydrogens is 408 g/mol. The quantitative estimate of drug-likeness (QED) is 0.748. The van der Waals surface area contributed by atoms with Crippen LogP contribution < -0.4 is 4.90 Å². The lowest BCUT2D eigenvalue weighted by molar-refractivity contribution is 0.433. The smallest absolute Gasteiger partial charge is 0.243 e. The van der Waals surface area contributed by atoms with Gasteiger partial charge in [0.25, 0.3) is 0 Å². The van der Waals surface area contributed by atoms with E-state index in [4.69, 9.17) is 11.6 Å². The van der Waals surface area contributed by atoms with Crippen LogP contribution in [0.4, 0.5) is 5.69 Å². The van der Waals surface area contributed by atoms with Gasteiger partial charge in [-0.15, -0.1) is 0 Å². The zero-order chi connectivity index (χ0) is 19.7. The van der Waals surface area contributed by atoms with Crippen molar-refractivity contribution in [3.8, 4) is 0 Å². The maximum atomic E-state index is 12.8. The lowest BCUT2D eigenvalue weighted by Gasteiger charge is -2.23. The van der Waals surface area contributed by atoms with Gasteiger partial charge in [-0.3, -0.25) is 0 Å². The zero-order valence-corrected chi connectivity index (χ0v) is 17.3. The molecule has 1 heterocycles. The molecule has 3 rings (SSSR count). The molecule has 9 heteroatoms. The molecule has 2 aromatic rings. The molecule has 27 heavy (non-hydrogen) atoms. The van der Waals surface area contributed by atoms with Gasteiger partial charge < -0.3 is 4.90 Å². The number of hydrogen-bond donors (Lipinski definition) is 0. The van der Waals surface area contributed by atoms with Gasteiger partial charge in [-0.05, 0) is 55.0 Å². The third-order valence-electron chi connectivity index (χ3n) is 4.54. The van der Waals surface area contributed by atoms with Crippen LogP contribution in [0.5, 0.6) is 0 Å². The highest BCUT2D eigenvalue weighted by atomic mass is 35.5. The summed E-state index contributed by atoms with van der Waals surface area (Å²) < 4.78 is 50.4. The summed E-state index contributed by atoms with van der Waals surface area (Å²) in [5.74, 6) is 0. The zero-order valence-electron chi connectivity index (χ0n) is 14.9. The van der Waals surface area contributed by atoms with Crippen molar-refractivity contribution in [2.45, 2.75) is 16.2 Å². The molecule has 0 bridgehead atoms. The molecule has 0 unspecified atom stereocenters. The number of sulfonamides is 1. The Morgan fingerprint density at radius 3 is 1.96 bits per heavy atom. The highest BCUT2D eigenvalue weighted by molar-refractivity contribution is 7.90. The second kappa shape index (κ2) is 7.79. The largest absolute Gasteiger partial charge is 0.370 e. The predicted octanol–water partition coefficient (Wildman–Crippen LogP) is 2.64. The average molecular weight is 429 g/mol. The number of halogens is 1. The Labute approximate surface area is 165 Å². The van der Waals surface area contributed by atoms with Crippen LogP contribution in [-0.2, 0) is 19.9 Å². The van der Waals surface area contributed by atoms with E-state index in [9.17, 15) is 16.8 Å². The highest BCUT2D eigenvalue weighted by Gasteiger charge is 2.27. The third kappa shape index (κ3) is 4.63. The van der Waals surface area contributed by atoms with Crippen LogP contribution in [0.3, 0.4) is 0 Å². The summed E-state index contributed by atoms with van der Waals surface area (Å²) in [4.78, 5) is 2.58. The molecule has 0 amide bonds. The minimum atomic E-state index is -3.57. The summed E-state index contributed by atoms with van der Waals surface area (Å²) in [6.45, 7) is 2.03. The first-order valence-corrected chi connectivity index (χ1v) is 12.2. The van der Waals surface area contributed by atoms with Crippen molar-refractivity contribution < 1.29 is 16.8 Å². The van der Waals surface area contributed by atoms with E-state index in [0.717, 1.165) is 5.69 Å². The van der Waals surface area contributed by atoms with E-state index < -0.39 is 19.9 Å². The Balaban J connectivity index is 1.74. The molecule has 6 nitrogen and oxygen atoms in total. The molecular formula is C18H21ClN2O4S2. The summed E-state index contributed by atoms with van der Waals surface area (Å²) in [5, 5.41) is 0.494. The van der Waals surface area contributed by atoms with Crippen LogP contribution in [0.1, 0.15) is 6.42 Å². The number of nitrogens with zero attached hydrogens (tertiary/aromatic N) is 2. The lowest BCUT2D eigenvalue weighted by atomic mass is 10.2. The number of hydrogen-bond acceptors (Lipinski definition) is 5. The van der Waals surface area contributed by atoms with Crippen LogP contribution >= 0.6 is 11.6 Å². The molecule has 2 aromatic carbocycles. The minimum absolute atomic E-state index is 0.234. The van der Waals surface area contributed by atoms with Crippen molar-refractivity contribution in [3.63, 3.8) is 0 Å². The van der Waals surface area contributed by atoms with Gasteiger partial charge in [-0.25, -0.2) is 16.8 Å². The van der Waals surface area contributed by atoms with Crippen molar-refractivity contribution in [2.75, 3.05) is 37.3 Å². The van der Waals surface area contributed by atoms with Gasteiger partial charge in [0.05, 0.1) is 9.79 Å². The van der Waals surface area contributed by atoms with E-state index in [1.807, 2.05) is 0 Å². The maximum absolute atomic E-state index is 12.8. The first-order valence-electron chi connectivity index (χ1n) is 8.49. The van der Waals surface area contributed by atoms with E-state index in [0.29, 0.717) is 37.6 Å². The monoisotopic (exact) mass is 428 g/mol. The Kier molecular flexibility index (Phi) is 5.81. The highest BCUT2D eigenvalue weighted by Crippen LogP contribution is 2.23. The van der Waals surface area contributed by atoms with Gasteiger partial charge >= 0.3 is 0 Å². The Hall–Kier alpha value is -1.61. The molecule has 0 aliphatic carbocycles. The number of rotatable bonds is 4. The van der Waals surface area contributed by atoms with Gasteiger partial charge in [0.2, 0.25) is 10.0 Å². The average Bonchev–Trinajstić information content (AvgIpc) is 2.88. The fraction of sp³-hybridized carbons (Fsp3) is 0.333. The molecule has 1 aliphatic rings. The Bertz CT molecular complexity index is 1000. The van der Waals surface area contributed by atoms with Crippen LogP contribution in [-0.4, -0.2) is 53.6 Å². The summed E-state index contributed by atoms with van der Waals surface area (Å²) in [6, 6.07) is 12.9. The van der Waals surface area contributed by atoms with E-state index in [1.54, 1.807) is 36.4 Å². The van der Waals surface area contributed by atoms with Crippen molar-refractivity contribution in [1.29, 1.82) is 0 Å². The van der Waals surface area contributed by atoms with E-state index in [2.05, 4.69) is 4.90 Å². The molecule has 146 valence electrons. The molecule has 0 radical (unpaired) electrons. The Morgan fingerprint density at radius 2 is 1.37 bits per heavy atom. The van der Waals surface area contributed by atoms with Crippen LogP contribution in [0, 0.1) is 0 Å². The fourth-order valence-electron chi connectivity index (χ4n) is 3.05.